The number of hydrogen-bond acceptors (Lipinski definition) is 4. The molecule has 0 amide bonds. The summed E-state index contributed by atoms with van der Waals surface area (Å²) in [7, 11) is 0. The highest BCUT2D eigenvalue weighted by atomic mass is 16.5. The highest BCUT2D eigenvalue weighted by Gasteiger charge is 2.34. The van der Waals surface area contributed by atoms with Gasteiger partial charge in [0.05, 0.1) is 24.1 Å². The van der Waals surface area contributed by atoms with E-state index >= 15 is 0 Å². The van der Waals surface area contributed by atoms with Crippen LogP contribution in [0.5, 0.6) is 0 Å². The fourth-order valence-corrected chi connectivity index (χ4v) is 2.34. The van der Waals surface area contributed by atoms with Crippen molar-refractivity contribution in [3.05, 3.63) is 17.5 Å². The van der Waals surface area contributed by atoms with Crippen LogP contribution in [0.25, 0.3) is 0 Å². The lowest BCUT2D eigenvalue weighted by Crippen LogP contribution is -2.29. The minimum Gasteiger partial charge on any atom is -0.465 e. The summed E-state index contributed by atoms with van der Waals surface area (Å²) < 4.78 is 6.49. The van der Waals surface area contributed by atoms with Crippen LogP contribution >= 0.6 is 0 Å². The molecule has 0 N–H and O–H groups in total. The second kappa shape index (κ2) is 4.55. The van der Waals surface area contributed by atoms with Crippen LogP contribution in [-0.4, -0.2) is 28.1 Å². The average molecular weight is 250 g/mol. The van der Waals surface area contributed by atoms with Crippen molar-refractivity contribution < 1.29 is 14.3 Å². The summed E-state index contributed by atoms with van der Waals surface area (Å²) in [5.41, 5.74) is 1.43. The molecule has 1 heterocycles. The molecule has 0 spiro atoms. The highest BCUT2D eigenvalue weighted by Crippen LogP contribution is 2.34. The molecule has 1 aromatic heterocycles. The van der Waals surface area contributed by atoms with Crippen LogP contribution in [0.4, 0.5) is 0 Å². The lowest BCUT2D eigenvalue weighted by atomic mass is 9.76. The Hall–Kier alpha value is -1.65. The van der Waals surface area contributed by atoms with Crippen molar-refractivity contribution in [1.82, 2.24) is 9.78 Å². The number of esters is 1. The molecular weight excluding hydrogens is 232 g/mol. The fraction of sp³-hybridized carbons (Fsp3) is 0.615. The predicted molar refractivity (Wildman–Crippen MR) is 65.3 cm³/mol. The molecule has 0 fully saturated rings. The molecule has 0 saturated heterocycles. The van der Waals surface area contributed by atoms with Gasteiger partial charge in [0.1, 0.15) is 6.54 Å². The van der Waals surface area contributed by atoms with Crippen molar-refractivity contribution in [1.29, 1.82) is 0 Å². The molecule has 0 saturated carbocycles. The first-order chi connectivity index (χ1) is 8.43. The van der Waals surface area contributed by atoms with Crippen molar-refractivity contribution in [2.75, 3.05) is 6.61 Å². The number of ether oxygens (including phenoxy) is 1. The first kappa shape index (κ1) is 12.8. The molecule has 0 radical (unpaired) electrons. The fourth-order valence-electron chi connectivity index (χ4n) is 2.34. The number of Topliss-reactive ketones (excluding diaryl/α,β-unsaturated/α-hetero) is 1. The number of carbonyl (C=O) groups is 2. The monoisotopic (exact) mass is 250 g/mol. The van der Waals surface area contributed by atoms with Gasteiger partial charge in [-0.15, -0.1) is 0 Å². The van der Waals surface area contributed by atoms with Gasteiger partial charge in [-0.05, 0) is 18.8 Å². The highest BCUT2D eigenvalue weighted by molar-refractivity contribution is 5.98. The number of ketones is 1. The molecule has 0 bridgehead atoms. The van der Waals surface area contributed by atoms with Gasteiger partial charge in [-0.1, -0.05) is 13.8 Å². The molecule has 1 aliphatic carbocycles. The van der Waals surface area contributed by atoms with E-state index in [1.165, 1.54) is 0 Å². The van der Waals surface area contributed by atoms with Gasteiger partial charge in [0.15, 0.2) is 5.78 Å². The van der Waals surface area contributed by atoms with E-state index in [4.69, 9.17) is 4.74 Å². The van der Waals surface area contributed by atoms with E-state index in [2.05, 4.69) is 18.9 Å². The Bertz CT molecular complexity index is 488. The Kier molecular flexibility index (Phi) is 3.24. The summed E-state index contributed by atoms with van der Waals surface area (Å²) in [6, 6.07) is 0. The topological polar surface area (TPSA) is 61.2 Å². The van der Waals surface area contributed by atoms with Gasteiger partial charge in [0.2, 0.25) is 0 Å². The number of carbonyl (C=O) groups excluding carboxylic acids is 2. The summed E-state index contributed by atoms with van der Waals surface area (Å²) >= 11 is 0. The maximum atomic E-state index is 12.0. The van der Waals surface area contributed by atoms with E-state index < -0.39 is 0 Å². The average Bonchev–Trinajstić information content (AvgIpc) is 2.60. The van der Waals surface area contributed by atoms with E-state index in [-0.39, 0.29) is 23.7 Å². The molecule has 1 aromatic rings. The molecule has 5 heteroatoms. The molecule has 1 aliphatic rings. The Balaban J connectivity index is 2.25. The van der Waals surface area contributed by atoms with Gasteiger partial charge < -0.3 is 4.74 Å². The molecule has 18 heavy (non-hydrogen) atoms. The van der Waals surface area contributed by atoms with Gasteiger partial charge in [0, 0.05) is 6.42 Å². The van der Waals surface area contributed by atoms with Crippen molar-refractivity contribution >= 4 is 11.8 Å². The van der Waals surface area contributed by atoms with Crippen LogP contribution in [0.15, 0.2) is 6.20 Å². The molecule has 0 aliphatic heterocycles. The quantitative estimate of drug-likeness (QED) is 0.764. The van der Waals surface area contributed by atoms with Crippen molar-refractivity contribution in [3.63, 3.8) is 0 Å². The van der Waals surface area contributed by atoms with Crippen LogP contribution in [0, 0.1) is 5.41 Å². The van der Waals surface area contributed by atoms with Gasteiger partial charge in [-0.25, -0.2) is 0 Å². The molecule has 2 rings (SSSR count). The normalized spacial score (nSPS) is 17.4. The zero-order valence-corrected chi connectivity index (χ0v) is 11.0. The minimum atomic E-state index is -0.320. The number of rotatable bonds is 3. The van der Waals surface area contributed by atoms with Gasteiger partial charge >= 0.3 is 5.97 Å². The minimum absolute atomic E-state index is 0.0729. The van der Waals surface area contributed by atoms with Crippen LogP contribution in [-0.2, 0) is 22.5 Å². The van der Waals surface area contributed by atoms with Crippen molar-refractivity contribution in [2.24, 2.45) is 5.41 Å². The molecule has 0 unspecified atom stereocenters. The summed E-state index contributed by atoms with van der Waals surface area (Å²) in [4.78, 5) is 23.4. The predicted octanol–water partition coefficient (Wildman–Crippen LogP) is 1.60. The van der Waals surface area contributed by atoms with Crippen LogP contribution in [0.1, 0.15) is 43.2 Å². The largest absolute Gasteiger partial charge is 0.465 e. The Morgan fingerprint density at radius 1 is 1.50 bits per heavy atom. The maximum Gasteiger partial charge on any atom is 0.327 e. The number of aromatic nitrogens is 2. The summed E-state index contributed by atoms with van der Waals surface area (Å²) in [6.45, 7) is 6.30. The number of nitrogens with zero attached hydrogens (tertiary/aromatic N) is 2. The Morgan fingerprint density at radius 3 is 2.89 bits per heavy atom. The Morgan fingerprint density at radius 2 is 2.22 bits per heavy atom. The van der Waals surface area contributed by atoms with Crippen molar-refractivity contribution in [2.45, 2.75) is 40.2 Å². The first-order valence-corrected chi connectivity index (χ1v) is 6.16. The first-order valence-electron chi connectivity index (χ1n) is 6.16. The number of fused-ring (bicyclic) bond motifs is 1. The second-order valence-electron chi connectivity index (χ2n) is 5.41. The summed E-state index contributed by atoms with van der Waals surface area (Å²) in [5, 5.41) is 4.13. The zero-order chi connectivity index (χ0) is 13.3. The summed E-state index contributed by atoms with van der Waals surface area (Å²) in [6.07, 6.45) is 2.85. The molecule has 5 nitrogen and oxygen atoms in total. The van der Waals surface area contributed by atoms with E-state index in [1.54, 1.807) is 17.8 Å². The van der Waals surface area contributed by atoms with Gasteiger partial charge in [-0.3, -0.25) is 14.3 Å². The van der Waals surface area contributed by atoms with Crippen molar-refractivity contribution in [3.8, 4) is 0 Å². The standard InChI is InChI=1S/C13H18N2O3/c1-4-18-12(17)8-15-10-5-13(2,3)6-11(16)9(10)7-14-15/h7H,4-6,8H2,1-3H3. The molecule has 0 aromatic carbocycles. The van der Waals surface area contributed by atoms with Crippen LogP contribution in [0.3, 0.4) is 0 Å². The smallest absolute Gasteiger partial charge is 0.327 e. The lowest BCUT2D eigenvalue weighted by Gasteiger charge is -2.28. The van der Waals surface area contributed by atoms with Gasteiger partial charge in [-0.2, -0.15) is 5.10 Å². The Labute approximate surface area is 106 Å². The van der Waals surface area contributed by atoms with E-state index in [0.717, 1.165) is 12.1 Å². The maximum absolute atomic E-state index is 12.0. The lowest BCUT2D eigenvalue weighted by molar-refractivity contribution is -0.144. The number of hydrogen-bond donors (Lipinski definition) is 0. The zero-order valence-electron chi connectivity index (χ0n) is 11.0. The van der Waals surface area contributed by atoms with E-state index in [0.29, 0.717) is 18.6 Å². The SMILES string of the molecule is CCOC(=O)Cn1ncc2c1CC(C)(C)CC2=O. The third kappa shape index (κ3) is 2.44. The van der Waals surface area contributed by atoms with E-state index in [9.17, 15) is 9.59 Å². The molecular formula is C13H18N2O3. The third-order valence-corrected chi connectivity index (χ3v) is 3.12. The second-order valence-corrected chi connectivity index (χ2v) is 5.41. The molecule has 0 atom stereocenters. The molecule has 98 valence electrons. The van der Waals surface area contributed by atoms with Crippen LogP contribution < -0.4 is 0 Å². The van der Waals surface area contributed by atoms with Gasteiger partial charge in [0.25, 0.3) is 0 Å². The van der Waals surface area contributed by atoms with Crippen LogP contribution in [0.2, 0.25) is 0 Å². The summed E-state index contributed by atoms with van der Waals surface area (Å²) in [5.74, 6) is -0.212. The third-order valence-electron chi connectivity index (χ3n) is 3.12. The van der Waals surface area contributed by atoms with E-state index in [1.807, 2.05) is 0 Å².